The molecule has 0 aromatic rings. The minimum atomic E-state index is -3.95. The number of unbranched alkanes of at least 4 members (excludes halogenated alkanes) is 6. The Bertz CT molecular complexity index is 326. The number of nitrogens with zero attached hydrogens (tertiary/aromatic N) is 1. The molecular formula is C15H33NO4P+. The molecule has 5 nitrogen and oxygen atoms in total. The van der Waals surface area contributed by atoms with Crippen LogP contribution in [0, 0.1) is 0 Å². The van der Waals surface area contributed by atoms with Crippen LogP contribution in [-0.4, -0.2) is 43.7 Å². The summed E-state index contributed by atoms with van der Waals surface area (Å²) < 4.78 is 21.9. The van der Waals surface area contributed by atoms with Crippen molar-refractivity contribution < 1.29 is 23.0 Å². The first-order chi connectivity index (χ1) is 9.77. The first kappa shape index (κ1) is 20.6. The van der Waals surface area contributed by atoms with Crippen molar-refractivity contribution in [3.63, 3.8) is 0 Å². The van der Waals surface area contributed by atoms with Crippen LogP contribution in [0.5, 0.6) is 0 Å². The molecule has 0 aromatic heterocycles. The number of quaternary nitrogens is 1. The average molecular weight is 322 g/mol. The van der Waals surface area contributed by atoms with Gasteiger partial charge in [-0.25, -0.2) is 4.57 Å². The summed E-state index contributed by atoms with van der Waals surface area (Å²) in [5.74, 6) is 0. The van der Waals surface area contributed by atoms with Crippen LogP contribution in [0.3, 0.4) is 0 Å². The lowest BCUT2D eigenvalue weighted by atomic mass is 10.1. The van der Waals surface area contributed by atoms with Crippen LogP contribution in [0.4, 0.5) is 0 Å². The second-order valence-corrected chi connectivity index (χ2v) is 7.76. The molecule has 0 spiro atoms. The van der Waals surface area contributed by atoms with Gasteiger partial charge in [0.1, 0.15) is 13.2 Å². The monoisotopic (exact) mass is 322 g/mol. The van der Waals surface area contributed by atoms with E-state index < -0.39 is 7.82 Å². The summed E-state index contributed by atoms with van der Waals surface area (Å²) in [6.07, 6.45) is 11.3. The fourth-order valence-electron chi connectivity index (χ4n) is 1.69. The Hall–Kier alpha value is -0.350. The van der Waals surface area contributed by atoms with E-state index in [1.54, 1.807) is 6.08 Å². The minimum absolute atomic E-state index is 0.197. The summed E-state index contributed by atoms with van der Waals surface area (Å²) in [4.78, 5) is 9.46. The molecule has 0 aromatic carbocycles. The summed E-state index contributed by atoms with van der Waals surface area (Å²) in [6, 6.07) is 0. The third-order valence-electron chi connectivity index (χ3n) is 3.03. The maximum absolute atomic E-state index is 11.6. The lowest BCUT2D eigenvalue weighted by Gasteiger charge is -2.23. The third-order valence-corrected chi connectivity index (χ3v) is 3.93. The molecular weight excluding hydrogens is 289 g/mol. The van der Waals surface area contributed by atoms with Gasteiger partial charge in [0.15, 0.2) is 0 Å². The van der Waals surface area contributed by atoms with E-state index in [1.807, 2.05) is 21.1 Å². The van der Waals surface area contributed by atoms with Crippen molar-refractivity contribution in [2.75, 3.05) is 34.3 Å². The summed E-state index contributed by atoms with van der Waals surface area (Å²) in [5, 5.41) is 0. The van der Waals surface area contributed by atoms with Gasteiger partial charge in [0.2, 0.25) is 0 Å². The predicted octanol–water partition coefficient (Wildman–Crippen LogP) is 4.09. The highest BCUT2D eigenvalue weighted by molar-refractivity contribution is 7.47. The van der Waals surface area contributed by atoms with E-state index >= 15 is 0 Å². The first-order valence-electron chi connectivity index (χ1n) is 7.88. The maximum atomic E-state index is 11.6. The van der Waals surface area contributed by atoms with Gasteiger partial charge < -0.3 is 9.01 Å². The quantitative estimate of drug-likeness (QED) is 0.240. The van der Waals surface area contributed by atoms with Crippen LogP contribution < -0.4 is 0 Å². The molecule has 0 rings (SSSR count). The van der Waals surface area contributed by atoms with Gasteiger partial charge in [0.05, 0.1) is 27.4 Å². The Morgan fingerprint density at radius 1 is 1.10 bits per heavy atom. The molecule has 0 aliphatic rings. The molecule has 1 atom stereocenters. The Balaban J connectivity index is 3.63. The van der Waals surface area contributed by atoms with Crippen LogP contribution in [-0.2, 0) is 13.6 Å². The van der Waals surface area contributed by atoms with Crippen LogP contribution in [0.1, 0.15) is 51.9 Å². The number of hydrogen-bond donors (Lipinski definition) is 1. The zero-order chi connectivity index (χ0) is 16.2. The smallest absolute Gasteiger partial charge is 0.412 e. The number of likely N-dealkylation sites (N-methyl/N-ethyl adjacent to an activating group) is 1. The normalized spacial score (nSPS) is 15.3. The van der Waals surface area contributed by atoms with E-state index in [2.05, 4.69) is 6.92 Å². The van der Waals surface area contributed by atoms with Crippen molar-refractivity contribution in [2.45, 2.75) is 51.9 Å². The van der Waals surface area contributed by atoms with Crippen LogP contribution >= 0.6 is 7.82 Å². The first-order valence-corrected chi connectivity index (χ1v) is 9.37. The molecule has 0 saturated heterocycles. The second kappa shape index (κ2) is 11.2. The number of hydrogen-bond acceptors (Lipinski definition) is 3. The van der Waals surface area contributed by atoms with Crippen LogP contribution in [0.25, 0.3) is 0 Å². The Kier molecular flexibility index (Phi) is 11.1. The SMILES string of the molecule is CCCCCCCCC=COP(=O)(O)OCC[N+](C)(C)C. The highest BCUT2D eigenvalue weighted by Crippen LogP contribution is 2.43. The van der Waals surface area contributed by atoms with Crippen molar-refractivity contribution >= 4 is 7.82 Å². The minimum Gasteiger partial charge on any atom is -0.412 e. The van der Waals surface area contributed by atoms with E-state index in [9.17, 15) is 9.46 Å². The van der Waals surface area contributed by atoms with Crippen molar-refractivity contribution in [3.8, 4) is 0 Å². The number of allylic oxidation sites excluding steroid dienone is 1. The number of phosphoric acid groups is 1. The van der Waals surface area contributed by atoms with Gasteiger partial charge in [0, 0.05) is 0 Å². The maximum Gasteiger partial charge on any atom is 0.527 e. The number of phosphoric ester groups is 1. The van der Waals surface area contributed by atoms with Crippen molar-refractivity contribution in [1.82, 2.24) is 0 Å². The van der Waals surface area contributed by atoms with Gasteiger partial charge in [-0.15, -0.1) is 0 Å². The molecule has 0 aliphatic heterocycles. The molecule has 1 unspecified atom stereocenters. The van der Waals surface area contributed by atoms with Gasteiger partial charge in [0.25, 0.3) is 0 Å². The predicted molar refractivity (Wildman–Crippen MR) is 86.9 cm³/mol. The van der Waals surface area contributed by atoms with Gasteiger partial charge in [-0.1, -0.05) is 39.0 Å². The zero-order valence-corrected chi connectivity index (χ0v) is 15.0. The Labute approximate surface area is 130 Å². The highest BCUT2D eigenvalue weighted by atomic mass is 31.2. The van der Waals surface area contributed by atoms with E-state index in [0.717, 1.165) is 12.8 Å². The largest absolute Gasteiger partial charge is 0.527 e. The Morgan fingerprint density at radius 3 is 2.33 bits per heavy atom. The summed E-state index contributed by atoms with van der Waals surface area (Å²) in [5.41, 5.74) is 0. The Morgan fingerprint density at radius 2 is 1.71 bits per heavy atom. The van der Waals surface area contributed by atoms with Gasteiger partial charge in [-0.05, 0) is 18.9 Å². The van der Waals surface area contributed by atoms with Gasteiger partial charge >= 0.3 is 7.82 Å². The van der Waals surface area contributed by atoms with Crippen molar-refractivity contribution in [2.24, 2.45) is 0 Å². The molecule has 0 bridgehead atoms. The van der Waals surface area contributed by atoms with E-state index in [4.69, 9.17) is 9.05 Å². The molecule has 21 heavy (non-hydrogen) atoms. The molecule has 6 heteroatoms. The number of rotatable bonds is 13. The standard InChI is InChI=1S/C15H32NO4P/c1-5-6-7-8-9-10-11-12-14-19-21(17,18)20-15-13-16(2,3)4/h12,14H,5-11,13,15H2,1-4H3/p+1. The van der Waals surface area contributed by atoms with E-state index in [1.165, 1.54) is 38.4 Å². The lowest BCUT2D eigenvalue weighted by Crippen LogP contribution is -2.37. The molecule has 0 heterocycles. The van der Waals surface area contributed by atoms with E-state index in [0.29, 0.717) is 11.0 Å². The van der Waals surface area contributed by atoms with Crippen LogP contribution in [0.15, 0.2) is 12.3 Å². The van der Waals surface area contributed by atoms with Gasteiger partial charge in [-0.2, -0.15) is 0 Å². The summed E-state index contributed by atoms with van der Waals surface area (Å²) in [6.45, 7) is 3.05. The summed E-state index contributed by atoms with van der Waals surface area (Å²) >= 11 is 0. The zero-order valence-electron chi connectivity index (χ0n) is 14.1. The average Bonchev–Trinajstić information content (AvgIpc) is 2.35. The lowest BCUT2D eigenvalue weighted by molar-refractivity contribution is -0.870. The molecule has 0 saturated carbocycles. The third kappa shape index (κ3) is 15.9. The molecule has 0 amide bonds. The second-order valence-electron chi connectivity index (χ2n) is 6.35. The van der Waals surface area contributed by atoms with Crippen LogP contribution in [0.2, 0.25) is 0 Å². The molecule has 126 valence electrons. The molecule has 0 aliphatic carbocycles. The fraction of sp³-hybridized carbons (Fsp3) is 0.867. The van der Waals surface area contributed by atoms with Crippen molar-refractivity contribution in [3.05, 3.63) is 12.3 Å². The fourth-order valence-corrected chi connectivity index (χ4v) is 2.30. The summed E-state index contributed by atoms with van der Waals surface area (Å²) in [7, 11) is 2.03. The topological polar surface area (TPSA) is 55.8 Å². The van der Waals surface area contributed by atoms with Crippen molar-refractivity contribution in [1.29, 1.82) is 0 Å². The van der Waals surface area contributed by atoms with Gasteiger partial charge in [-0.3, -0.25) is 9.42 Å². The molecule has 0 fully saturated rings. The highest BCUT2D eigenvalue weighted by Gasteiger charge is 2.21. The molecule has 0 radical (unpaired) electrons. The van der Waals surface area contributed by atoms with E-state index in [-0.39, 0.29) is 6.61 Å². The molecule has 1 N–H and O–H groups in total.